The van der Waals surface area contributed by atoms with E-state index in [0.29, 0.717) is 12.1 Å². The van der Waals surface area contributed by atoms with E-state index in [2.05, 4.69) is 57.3 Å². The first-order chi connectivity index (χ1) is 12.2. The third kappa shape index (κ3) is 3.72. The van der Waals surface area contributed by atoms with Crippen molar-refractivity contribution in [2.45, 2.75) is 32.5 Å². The van der Waals surface area contributed by atoms with Crippen LogP contribution in [0.3, 0.4) is 0 Å². The Bertz CT molecular complexity index is 848. The van der Waals surface area contributed by atoms with Gasteiger partial charge in [0.2, 0.25) is 0 Å². The van der Waals surface area contributed by atoms with Gasteiger partial charge in [0.1, 0.15) is 0 Å². The number of piperazine rings is 1. The summed E-state index contributed by atoms with van der Waals surface area (Å²) in [6.07, 6.45) is 7.66. The highest BCUT2D eigenvalue weighted by Gasteiger charge is 2.24. The predicted molar refractivity (Wildman–Crippen MR) is 105 cm³/mol. The van der Waals surface area contributed by atoms with Crippen LogP contribution in [0.25, 0.3) is 11.0 Å². The number of nitrogens with one attached hydrogen (secondary N) is 1. The van der Waals surface area contributed by atoms with Gasteiger partial charge >= 0.3 is 0 Å². The zero-order valence-corrected chi connectivity index (χ0v) is 16.0. The number of aromatic nitrogens is 4. The van der Waals surface area contributed by atoms with Crippen LogP contribution in [-0.4, -0.2) is 44.3 Å². The minimum atomic E-state index is 0. The van der Waals surface area contributed by atoms with E-state index in [0.717, 1.165) is 37.2 Å². The average Bonchev–Trinajstić information content (AvgIpc) is 3.06. The summed E-state index contributed by atoms with van der Waals surface area (Å²) in [7, 11) is 0. The van der Waals surface area contributed by atoms with Gasteiger partial charge in [-0.1, -0.05) is 0 Å². The van der Waals surface area contributed by atoms with Crippen molar-refractivity contribution >= 4 is 23.4 Å². The Kier molecular flexibility index (Phi) is 5.86. The smallest absolute Gasteiger partial charge is 0.157 e. The summed E-state index contributed by atoms with van der Waals surface area (Å²) in [6, 6.07) is 7.13. The summed E-state index contributed by atoms with van der Waals surface area (Å²) < 4.78 is 1.98. The molecule has 0 spiro atoms. The van der Waals surface area contributed by atoms with Crippen molar-refractivity contribution in [3.63, 3.8) is 0 Å². The molecule has 1 N–H and O–H groups in total. The largest absolute Gasteiger partial charge is 0.314 e. The molecule has 4 heterocycles. The number of hydrogen-bond donors (Lipinski definition) is 1. The molecule has 0 saturated carbocycles. The van der Waals surface area contributed by atoms with Crippen LogP contribution >= 0.6 is 12.4 Å². The highest BCUT2D eigenvalue weighted by molar-refractivity contribution is 5.85. The van der Waals surface area contributed by atoms with E-state index in [1.165, 1.54) is 11.1 Å². The molecular weight excluding hydrogens is 348 g/mol. The van der Waals surface area contributed by atoms with E-state index in [9.17, 15) is 0 Å². The molecule has 1 saturated heterocycles. The van der Waals surface area contributed by atoms with Crippen LogP contribution in [0.1, 0.15) is 37.1 Å². The van der Waals surface area contributed by atoms with Gasteiger partial charge in [0.25, 0.3) is 0 Å². The maximum atomic E-state index is 4.67. The lowest BCUT2D eigenvalue weighted by Crippen LogP contribution is -2.45. The topological polar surface area (TPSA) is 58.9 Å². The van der Waals surface area contributed by atoms with E-state index in [4.69, 9.17) is 0 Å². The quantitative estimate of drug-likeness (QED) is 0.763. The average molecular weight is 373 g/mol. The summed E-state index contributed by atoms with van der Waals surface area (Å²) in [6.45, 7) is 8.15. The van der Waals surface area contributed by atoms with Crippen LogP contribution in [0.15, 0.2) is 43.0 Å². The molecule has 1 unspecified atom stereocenters. The van der Waals surface area contributed by atoms with Crippen LogP contribution in [0.5, 0.6) is 0 Å². The first-order valence-corrected chi connectivity index (χ1v) is 8.89. The summed E-state index contributed by atoms with van der Waals surface area (Å²) in [5, 5.41) is 9.09. The number of rotatable bonds is 4. The molecule has 1 aliphatic rings. The van der Waals surface area contributed by atoms with Crippen LogP contribution in [-0.2, 0) is 6.54 Å². The zero-order chi connectivity index (χ0) is 17.2. The van der Waals surface area contributed by atoms with E-state index in [1.807, 2.05) is 29.5 Å². The summed E-state index contributed by atoms with van der Waals surface area (Å²) in [5.74, 6) is 0. The van der Waals surface area contributed by atoms with Crippen molar-refractivity contribution < 1.29 is 0 Å². The molecule has 1 aliphatic heterocycles. The lowest BCUT2D eigenvalue weighted by Gasteiger charge is -2.36. The molecule has 4 rings (SSSR count). The Balaban J connectivity index is 0.00000196. The van der Waals surface area contributed by atoms with Crippen LogP contribution in [0, 0.1) is 0 Å². The Morgan fingerprint density at radius 1 is 1.23 bits per heavy atom. The van der Waals surface area contributed by atoms with E-state index in [1.54, 1.807) is 0 Å². The Morgan fingerprint density at radius 2 is 2.04 bits per heavy atom. The predicted octanol–water partition coefficient (Wildman–Crippen LogP) is 2.98. The van der Waals surface area contributed by atoms with Gasteiger partial charge in [-0.2, -0.15) is 5.10 Å². The van der Waals surface area contributed by atoms with Crippen molar-refractivity contribution in [1.29, 1.82) is 0 Å². The van der Waals surface area contributed by atoms with E-state index >= 15 is 0 Å². The first kappa shape index (κ1) is 18.8. The normalized spacial score (nSPS) is 18.2. The van der Waals surface area contributed by atoms with Crippen molar-refractivity contribution in [2.24, 2.45) is 0 Å². The highest BCUT2D eigenvalue weighted by Crippen LogP contribution is 2.24. The fourth-order valence-electron chi connectivity index (χ4n) is 3.53. The monoisotopic (exact) mass is 372 g/mol. The minimum Gasteiger partial charge on any atom is -0.314 e. The second kappa shape index (κ2) is 8.12. The lowest BCUT2D eigenvalue weighted by molar-refractivity contribution is 0.153. The van der Waals surface area contributed by atoms with E-state index < -0.39 is 0 Å². The molecule has 0 aromatic carbocycles. The molecule has 0 bridgehead atoms. The maximum Gasteiger partial charge on any atom is 0.157 e. The number of nitrogens with zero attached hydrogens (tertiary/aromatic N) is 5. The number of pyridine rings is 2. The Morgan fingerprint density at radius 3 is 2.81 bits per heavy atom. The zero-order valence-electron chi connectivity index (χ0n) is 15.2. The number of hydrogen-bond acceptors (Lipinski definition) is 5. The van der Waals surface area contributed by atoms with Gasteiger partial charge in [0.05, 0.1) is 6.20 Å². The molecule has 0 amide bonds. The number of halogens is 1. The minimum absolute atomic E-state index is 0. The summed E-state index contributed by atoms with van der Waals surface area (Å²) in [4.78, 5) is 11.3. The fraction of sp³-hybridized carbons (Fsp3) is 0.421. The maximum absolute atomic E-state index is 4.67. The van der Waals surface area contributed by atoms with Gasteiger partial charge in [-0.25, -0.2) is 9.67 Å². The van der Waals surface area contributed by atoms with Crippen LogP contribution in [0.2, 0.25) is 0 Å². The number of fused-ring (bicyclic) bond motifs is 1. The fourth-order valence-corrected chi connectivity index (χ4v) is 3.53. The molecule has 138 valence electrons. The van der Waals surface area contributed by atoms with Gasteiger partial charge in [-0.15, -0.1) is 12.4 Å². The Hall–Kier alpha value is -2.02. The molecular formula is C19H25ClN6. The van der Waals surface area contributed by atoms with Crippen molar-refractivity contribution in [3.05, 3.63) is 54.1 Å². The van der Waals surface area contributed by atoms with Crippen molar-refractivity contribution in [2.75, 3.05) is 19.6 Å². The van der Waals surface area contributed by atoms with Crippen LogP contribution < -0.4 is 5.32 Å². The Labute approximate surface area is 160 Å². The third-order valence-electron chi connectivity index (χ3n) is 4.81. The molecule has 1 fully saturated rings. The van der Waals surface area contributed by atoms with Gasteiger partial charge < -0.3 is 5.32 Å². The molecule has 3 aromatic heterocycles. The molecule has 0 aliphatic carbocycles. The second-order valence-corrected chi connectivity index (χ2v) is 6.91. The van der Waals surface area contributed by atoms with E-state index in [-0.39, 0.29) is 12.4 Å². The lowest BCUT2D eigenvalue weighted by atomic mass is 10.0. The highest BCUT2D eigenvalue weighted by atomic mass is 35.5. The van der Waals surface area contributed by atoms with Crippen LogP contribution in [0.4, 0.5) is 0 Å². The molecule has 26 heavy (non-hydrogen) atoms. The molecule has 0 radical (unpaired) electrons. The molecule has 6 nitrogen and oxygen atoms in total. The third-order valence-corrected chi connectivity index (χ3v) is 4.81. The molecule has 7 heteroatoms. The van der Waals surface area contributed by atoms with Gasteiger partial charge in [-0.05, 0) is 43.2 Å². The summed E-state index contributed by atoms with van der Waals surface area (Å²) in [5.41, 5.74) is 3.50. The SMILES string of the molecule is CC(C)n1ncc2cc(CN3CCNCC3c3ccncc3)cnc21.Cl. The van der Waals surface area contributed by atoms with Crippen molar-refractivity contribution in [1.82, 2.24) is 30.0 Å². The molecule has 3 aromatic rings. The van der Waals surface area contributed by atoms with Gasteiger partial charge in [0.15, 0.2) is 5.65 Å². The first-order valence-electron chi connectivity index (χ1n) is 8.89. The van der Waals surface area contributed by atoms with Gasteiger partial charge in [-0.3, -0.25) is 9.88 Å². The van der Waals surface area contributed by atoms with Gasteiger partial charge in [0, 0.05) is 62.2 Å². The summed E-state index contributed by atoms with van der Waals surface area (Å²) >= 11 is 0. The standard InChI is InChI=1S/C19H24N6.ClH/c1-14(2)25-19-17(11-23-25)9-15(10-22-19)13-24-8-7-21-12-18(24)16-3-5-20-6-4-16;/h3-6,9-11,14,18,21H,7-8,12-13H2,1-2H3;1H. The second-order valence-electron chi connectivity index (χ2n) is 6.91. The van der Waals surface area contributed by atoms with Crippen molar-refractivity contribution in [3.8, 4) is 0 Å². The molecule has 1 atom stereocenters.